The molecule has 2 aromatic carbocycles. The van der Waals surface area contributed by atoms with Gasteiger partial charge in [0.2, 0.25) is 26.0 Å². The van der Waals surface area contributed by atoms with E-state index >= 15 is 0 Å². The fourth-order valence-electron chi connectivity index (χ4n) is 4.29. The normalized spacial score (nSPS) is 18.2. The first-order valence-corrected chi connectivity index (χ1v) is 13.7. The zero-order valence-electron chi connectivity index (χ0n) is 18.2. The van der Waals surface area contributed by atoms with Crippen LogP contribution in [0.15, 0.2) is 52.3 Å². The van der Waals surface area contributed by atoms with Crippen molar-refractivity contribution in [2.45, 2.75) is 42.0 Å². The van der Waals surface area contributed by atoms with Gasteiger partial charge >= 0.3 is 0 Å². The molecule has 1 N–H and O–H groups in total. The standard InChI is InChI=1S/C22H26FN3O5S2/c1-16(24-32(28,29)21-8-3-2-7-20(21)23)22(27)25-11-13-26(14-12-25)33(30,31)19-10-9-17-5-4-6-18(17)15-19/h2-3,7-10,15-16,24H,4-6,11-14H2,1H3/t16-/m0/s1. The maximum absolute atomic E-state index is 13.9. The quantitative estimate of drug-likeness (QED) is 0.654. The lowest BCUT2D eigenvalue weighted by Crippen LogP contribution is -2.55. The van der Waals surface area contributed by atoms with Gasteiger partial charge in [0, 0.05) is 26.2 Å². The number of benzene rings is 2. The highest BCUT2D eigenvalue weighted by atomic mass is 32.2. The summed E-state index contributed by atoms with van der Waals surface area (Å²) in [5, 5.41) is 0. The van der Waals surface area contributed by atoms with Crippen molar-refractivity contribution in [3.63, 3.8) is 0 Å². The fraction of sp³-hybridized carbons (Fsp3) is 0.409. The van der Waals surface area contributed by atoms with Crippen molar-refractivity contribution < 1.29 is 26.0 Å². The summed E-state index contributed by atoms with van der Waals surface area (Å²) in [5.74, 6) is -1.40. The van der Waals surface area contributed by atoms with Gasteiger partial charge in [-0.2, -0.15) is 9.03 Å². The first kappa shape index (κ1) is 23.8. The molecule has 0 unspecified atom stereocenters. The van der Waals surface area contributed by atoms with Crippen LogP contribution in [0.3, 0.4) is 0 Å². The molecular formula is C22H26FN3O5S2. The van der Waals surface area contributed by atoms with Gasteiger partial charge in [0.25, 0.3) is 0 Å². The molecule has 33 heavy (non-hydrogen) atoms. The Kier molecular flexibility index (Phi) is 6.59. The number of sulfonamides is 2. The molecule has 178 valence electrons. The van der Waals surface area contributed by atoms with Gasteiger partial charge < -0.3 is 4.90 Å². The number of halogens is 1. The Balaban J connectivity index is 1.39. The summed E-state index contributed by atoms with van der Waals surface area (Å²) in [4.78, 5) is 13.9. The van der Waals surface area contributed by atoms with E-state index in [1.165, 1.54) is 33.8 Å². The number of amides is 1. The number of rotatable bonds is 6. The summed E-state index contributed by atoms with van der Waals surface area (Å²) < 4.78 is 68.5. The van der Waals surface area contributed by atoms with Crippen LogP contribution < -0.4 is 4.72 Å². The molecule has 1 atom stereocenters. The van der Waals surface area contributed by atoms with Crippen molar-refractivity contribution in [1.82, 2.24) is 13.9 Å². The van der Waals surface area contributed by atoms with Crippen LogP contribution in [-0.4, -0.2) is 64.2 Å². The molecule has 2 aromatic rings. The molecule has 1 heterocycles. The number of fused-ring (bicyclic) bond motifs is 1. The van der Waals surface area contributed by atoms with Crippen LogP contribution in [0.5, 0.6) is 0 Å². The third-order valence-electron chi connectivity index (χ3n) is 6.09. The van der Waals surface area contributed by atoms with Crippen LogP contribution in [0.2, 0.25) is 0 Å². The summed E-state index contributed by atoms with van der Waals surface area (Å²) in [6.07, 6.45) is 2.87. The topological polar surface area (TPSA) is 104 Å². The van der Waals surface area contributed by atoms with E-state index in [0.29, 0.717) is 0 Å². The molecular weight excluding hydrogens is 469 g/mol. The van der Waals surface area contributed by atoms with Gasteiger partial charge in [-0.25, -0.2) is 21.2 Å². The second-order valence-corrected chi connectivity index (χ2v) is 11.9. The first-order valence-electron chi connectivity index (χ1n) is 10.8. The number of carbonyl (C=O) groups is 1. The highest BCUT2D eigenvalue weighted by molar-refractivity contribution is 7.89. The fourth-order valence-corrected chi connectivity index (χ4v) is 7.04. The number of hydrogen-bond acceptors (Lipinski definition) is 5. The van der Waals surface area contributed by atoms with Gasteiger partial charge in [-0.05, 0) is 61.6 Å². The highest BCUT2D eigenvalue weighted by Crippen LogP contribution is 2.27. The van der Waals surface area contributed by atoms with Crippen LogP contribution in [0.1, 0.15) is 24.5 Å². The van der Waals surface area contributed by atoms with Crippen molar-refractivity contribution in [3.05, 3.63) is 59.4 Å². The van der Waals surface area contributed by atoms with E-state index in [1.807, 2.05) is 6.07 Å². The third-order valence-corrected chi connectivity index (χ3v) is 9.56. The summed E-state index contributed by atoms with van der Waals surface area (Å²) in [5.41, 5.74) is 2.26. The lowest BCUT2D eigenvalue weighted by molar-refractivity contribution is -0.133. The van der Waals surface area contributed by atoms with E-state index in [1.54, 1.807) is 12.1 Å². The molecule has 0 spiro atoms. The molecule has 1 aliphatic heterocycles. The van der Waals surface area contributed by atoms with Crippen LogP contribution in [-0.2, 0) is 37.7 Å². The molecule has 1 aliphatic carbocycles. The van der Waals surface area contributed by atoms with Crippen molar-refractivity contribution >= 4 is 26.0 Å². The minimum Gasteiger partial charge on any atom is -0.339 e. The Labute approximate surface area is 193 Å². The maximum Gasteiger partial charge on any atom is 0.244 e. The molecule has 1 amide bonds. The van der Waals surface area contributed by atoms with E-state index in [0.717, 1.165) is 37.0 Å². The molecule has 2 aliphatic rings. The number of nitrogens with one attached hydrogen (secondary N) is 1. The molecule has 0 aromatic heterocycles. The SMILES string of the molecule is C[C@H](NS(=O)(=O)c1ccccc1F)C(=O)N1CCN(S(=O)(=O)c2ccc3c(c2)CCC3)CC1. The average Bonchev–Trinajstić information content (AvgIpc) is 3.26. The second kappa shape index (κ2) is 9.13. The van der Waals surface area contributed by atoms with Gasteiger partial charge in [0.05, 0.1) is 10.9 Å². The van der Waals surface area contributed by atoms with E-state index in [2.05, 4.69) is 4.72 Å². The number of carbonyl (C=O) groups excluding carboxylic acids is 1. The summed E-state index contributed by atoms with van der Waals surface area (Å²) in [6, 6.07) is 9.04. The summed E-state index contributed by atoms with van der Waals surface area (Å²) in [7, 11) is -7.91. The van der Waals surface area contributed by atoms with E-state index in [-0.39, 0.29) is 31.1 Å². The third kappa shape index (κ3) is 4.81. The van der Waals surface area contributed by atoms with Gasteiger partial charge in [0.1, 0.15) is 10.7 Å². The minimum absolute atomic E-state index is 0.109. The second-order valence-electron chi connectivity index (χ2n) is 8.29. The lowest BCUT2D eigenvalue weighted by atomic mass is 10.1. The number of piperazine rings is 1. The smallest absolute Gasteiger partial charge is 0.244 e. The molecule has 4 rings (SSSR count). The Morgan fingerprint density at radius 1 is 0.970 bits per heavy atom. The number of hydrogen-bond donors (Lipinski definition) is 1. The zero-order valence-corrected chi connectivity index (χ0v) is 19.8. The van der Waals surface area contributed by atoms with Crippen LogP contribution in [0.4, 0.5) is 4.39 Å². The predicted molar refractivity (Wildman–Crippen MR) is 120 cm³/mol. The Bertz CT molecular complexity index is 1270. The zero-order chi connectivity index (χ0) is 23.8. The van der Waals surface area contributed by atoms with Crippen molar-refractivity contribution in [3.8, 4) is 0 Å². The van der Waals surface area contributed by atoms with E-state index in [4.69, 9.17) is 0 Å². The van der Waals surface area contributed by atoms with Crippen molar-refractivity contribution in [2.75, 3.05) is 26.2 Å². The van der Waals surface area contributed by atoms with E-state index < -0.39 is 42.7 Å². The predicted octanol–water partition coefficient (Wildman–Crippen LogP) is 1.51. The van der Waals surface area contributed by atoms with Crippen molar-refractivity contribution in [2.24, 2.45) is 0 Å². The summed E-state index contributed by atoms with van der Waals surface area (Å²) in [6.45, 7) is 1.87. The molecule has 0 bridgehead atoms. The number of nitrogens with zero attached hydrogens (tertiary/aromatic N) is 2. The van der Waals surface area contributed by atoms with Gasteiger partial charge in [0.15, 0.2) is 0 Å². The van der Waals surface area contributed by atoms with Crippen LogP contribution in [0.25, 0.3) is 0 Å². The van der Waals surface area contributed by atoms with Gasteiger partial charge in [-0.15, -0.1) is 0 Å². The Morgan fingerprint density at radius 2 is 1.64 bits per heavy atom. The molecule has 11 heteroatoms. The Morgan fingerprint density at radius 3 is 2.33 bits per heavy atom. The lowest BCUT2D eigenvalue weighted by Gasteiger charge is -2.35. The minimum atomic E-state index is -4.23. The monoisotopic (exact) mass is 495 g/mol. The van der Waals surface area contributed by atoms with Gasteiger partial charge in [-0.1, -0.05) is 18.2 Å². The average molecular weight is 496 g/mol. The van der Waals surface area contributed by atoms with Gasteiger partial charge in [-0.3, -0.25) is 4.79 Å². The van der Waals surface area contributed by atoms with Crippen LogP contribution >= 0.6 is 0 Å². The highest BCUT2D eigenvalue weighted by Gasteiger charge is 2.33. The van der Waals surface area contributed by atoms with Crippen molar-refractivity contribution in [1.29, 1.82) is 0 Å². The molecule has 1 saturated heterocycles. The first-order chi connectivity index (χ1) is 15.6. The van der Waals surface area contributed by atoms with Crippen LogP contribution in [0, 0.1) is 5.82 Å². The largest absolute Gasteiger partial charge is 0.339 e. The number of aryl methyl sites for hydroxylation is 2. The molecule has 0 saturated carbocycles. The summed E-state index contributed by atoms with van der Waals surface area (Å²) >= 11 is 0. The van der Waals surface area contributed by atoms with E-state index in [9.17, 15) is 26.0 Å². The Hall–Kier alpha value is -2.34. The molecule has 0 radical (unpaired) electrons. The molecule has 1 fully saturated rings. The molecule has 8 nitrogen and oxygen atoms in total. The maximum atomic E-state index is 13.9.